The van der Waals surface area contributed by atoms with Crippen LogP contribution in [-0.4, -0.2) is 41.3 Å². The van der Waals surface area contributed by atoms with E-state index in [0.29, 0.717) is 13.0 Å². The Labute approximate surface area is 146 Å². The Morgan fingerprint density at radius 1 is 1.24 bits per heavy atom. The average molecular weight is 360 g/mol. The van der Waals surface area contributed by atoms with E-state index in [-0.39, 0.29) is 34.6 Å². The Balaban J connectivity index is 1.93. The molecule has 3 rings (SSSR count). The third kappa shape index (κ3) is 3.99. The molecule has 1 atom stereocenters. The van der Waals surface area contributed by atoms with Crippen molar-refractivity contribution in [2.24, 2.45) is 7.05 Å². The second-order valence-corrected chi connectivity index (χ2v) is 8.57. The highest BCUT2D eigenvalue weighted by Gasteiger charge is 2.35. The van der Waals surface area contributed by atoms with E-state index in [1.165, 1.54) is 10.6 Å². The van der Waals surface area contributed by atoms with Gasteiger partial charge in [-0.25, -0.2) is 8.42 Å². The Bertz CT molecular complexity index is 935. The summed E-state index contributed by atoms with van der Waals surface area (Å²) >= 11 is 0. The van der Waals surface area contributed by atoms with Crippen LogP contribution in [-0.2, 0) is 23.4 Å². The van der Waals surface area contributed by atoms with Gasteiger partial charge in [0.2, 0.25) is 0 Å². The fourth-order valence-corrected chi connectivity index (χ4v) is 4.75. The number of benzene rings is 1. The largest absolute Gasteiger partial charge is 0.330 e. The van der Waals surface area contributed by atoms with E-state index < -0.39 is 9.84 Å². The number of carbonyl (C=O) groups excluding carboxylic acids is 1. The maximum atomic E-state index is 13.0. The summed E-state index contributed by atoms with van der Waals surface area (Å²) in [4.78, 5) is 26.4. The van der Waals surface area contributed by atoms with Gasteiger partial charge in [0.1, 0.15) is 0 Å². The number of aromatic nitrogens is 1. The second kappa shape index (κ2) is 6.84. The van der Waals surface area contributed by atoms with Gasteiger partial charge in [-0.1, -0.05) is 30.3 Å². The molecule has 0 aliphatic carbocycles. The number of rotatable bonds is 4. The van der Waals surface area contributed by atoms with Crippen LogP contribution in [0.3, 0.4) is 0 Å². The van der Waals surface area contributed by atoms with Crippen LogP contribution in [0.4, 0.5) is 0 Å². The molecule has 1 aliphatic rings. The van der Waals surface area contributed by atoms with Crippen molar-refractivity contribution < 1.29 is 13.2 Å². The SMILES string of the molecule is Cn1ccc(C(=O)N(Cc2ccccc2)[C@@H]2CCS(=O)(=O)C2)cc1=O. The van der Waals surface area contributed by atoms with E-state index in [0.717, 1.165) is 5.56 Å². The monoisotopic (exact) mass is 360 g/mol. The number of pyridine rings is 1. The van der Waals surface area contributed by atoms with Gasteiger partial charge >= 0.3 is 0 Å². The topological polar surface area (TPSA) is 76.5 Å². The van der Waals surface area contributed by atoms with Crippen LogP contribution >= 0.6 is 0 Å². The molecule has 1 amide bonds. The molecule has 1 saturated heterocycles. The number of nitrogens with zero attached hydrogens (tertiary/aromatic N) is 2. The quantitative estimate of drug-likeness (QED) is 0.821. The van der Waals surface area contributed by atoms with Crippen LogP contribution in [0.25, 0.3) is 0 Å². The Morgan fingerprint density at radius 2 is 1.96 bits per heavy atom. The van der Waals surface area contributed by atoms with Gasteiger partial charge in [-0.05, 0) is 18.1 Å². The molecule has 0 radical (unpaired) electrons. The molecule has 132 valence electrons. The minimum atomic E-state index is -3.12. The van der Waals surface area contributed by atoms with Crippen LogP contribution in [0.15, 0.2) is 53.5 Å². The number of hydrogen-bond acceptors (Lipinski definition) is 4. The first kappa shape index (κ1) is 17.4. The maximum absolute atomic E-state index is 13.0. The highest BCUT2D eigenvalue weighted by molar-refractivity contribution is 7.91. The molecule has 2 heterocycles. The van der Waals surface area contributed by atoms with E-state index in [1.54, 1.807) is 24.2 Å². The summed E-state index contributed by atoms with van der Waals surface area (Å²) in [5.41, 5.74) is 0.928. The molecule has 0 saturated carbocycles. The van der Waals surface area contributed by atoms with Gasteiger partial charge < -0.3 is 9.47 Å². The molecular formula is C18H20N2O4S. The van der Waals surface area contributed by atoms with Crippen molar-refractivity contribution in [2.75, 3.05) is 11.5 Å². The van der Waals surface area contributed by atoms with E-state index in [9.17, 15) is 18.0 Å². The number of sulfone groups is 1. The molecule has 0 unspecified atom stereocenters. The predicted molar refractivity (Wildman–Crippen MR) is 95.1 cm³/mol. The number of carbonyl (C=O) groups is 1. The van der Waals surface area contributed by atoms with Gasteiger partial charge in [0.15, 0.2) is 9.84 Å². The highest BCUT2D eigenvalue weighted by atomic mass is 32.2. The van der Waals surface area contributed by atoms with Crippen molar-refractivity contribution in [1.82, 2.24) is 9.47 Å². The fourth-order valence-electron chi connectivity index (χ4n) is 3.02. The summed E-state index contributed by atoms with van der Waals surface area (Å²) in [7, 11) is -1.51. The first-order valence-electron chi connectivity index (χ1n) is 8.08. The van der Waals surface area contributed by atoms with Gasteiger partial charge in [-0.15, -0.1) is 0 Å². The predicted octanol–water partition coefficient (Wildman–Crippen LogP) is 1.21. The molecule has 2 aromatic rings. The third-order valence-electron chi connectivity index (χ3n) is 4.46. The zero-order valence-electron chi connectivity index (χ0n) is 14.0. The minimum absolute atomic E-state index is 0.0313. The first-order valence-corrected chi connectivity index (χ1v) is 9.90. The lowest BCUT2D eigenvalue weighted by molar-refractivity contribution is 0.0680. The van der Waals surface area contributed by atoms with Crippen molar-refractivity contribution in [3.05, 3.63) is 70.1 Å². The zero-order valence-corrected chi connectivity index (χ0v) is 14.8. The van der Waals surface area contributed by atoms with Gasteiger partial charge in [0.05, 0.1) is 11.5 Å². The van der Waals surface area contributed by atoms with Crippen LogP contribution in [0, 0.1) is 0 Å². The molecule has 0 N–H and O–H groups in total. The lowest BCUT2D eigenvalue weighted by Crippen LogP contribution is -2.41. The molecule has 1 fully saturated rings. The van der Waals surface area contributed by atoms with Crippen LogP contribution in [0.2, 0.25) is 0 Å². The summed E-state index contributed by atoms with van der Waals surface area (Å²) in [5, 5.41) is 0. The summed E-state index contributed by atoms with van der Waals surface area (Å²) < 4.78 is 25.1. The van der Waals surface area contributed by atoms with Crippen molar-refractivity contribution >= 4 is 15.7 Å². The second-order valence-electron chi connectivity index (χ2n) is 6.34. The molecule has 7 heteroatoms. The van der Waals surface area contributed by atoms with Crippen molar-refractivity contribution in [3.8, 4) is 0 Å². The van der Waals surface area contributed by atoms with Gasteiger partial charge in [-0.2, -0.15) is 0 Å². The summed E-state index contributed by atoms with van der Waals surface area (Å²) in [5.74, 6) is -0.257. The normalized spacial score (nSPS) is 18.8. The highest BCUT2D eigenvalue weighted by Crippen LogP contribution is 2.22. The molecule has 25 heavy (non-hydrogen) atoms. The number of hydrogen-bond donors (Lipinski definition) is 0. The maximum Gasteiger partial charge on any atom is 0.254 e. The van der Waals surface area contributed by atoms with Crippen molar-refractivity contribution in [1.29, 1.82) is 0 Å². The molecule has 0 spiro atoms. The van der Waals surface area contributed by atoms with Gasteiger partial charge in [-0.3, -0.25) is 9.59 Å². The minimum Gasteiger partial charge on any atom is -0.330 e. The lowest BCUT2D eigenvalue weighted by atomic mass is 10.1. The molecule has 1 aromatic heterocycles. The Hall–Kier alpha value is -2.41. The van der Waals surface area contributed by atoms with E-state index >= 15 is 0 Å². The van der Waals surface area contributed by atoms with Crippen LogP contribution < -0.4 is 5.56 Å². The molecule has 0 bridgehead atoms. The number of aryl methyl sites for hydroxylation is 1. The van der Waals surface area contributed by atoms with E-state index in [1.807, 2.05) is 30.3 Å². The third-order valence-corrected chi connectivity index (χ3v) is 6.21. The van der Waals surface area contributed by atoms with Crippen LogP contribution in [0.5, 0.6) is 0 Å². The molecule has 1 aliphatic heterocycles. The fraction of sp³-hybridized carbons (Fsp3) is 0.333. The standard InChI is InChI=1S/C18H20N2O4S/c1-19-9-7-15(11-17(19)21)18(22)20(12-14-5-3-2-4-6-14)16-8-10-25(23,24)13-16/h2-7,9,11,16H,8,10,12-13H2,1H3/t16-/m1/s1. The van der Waals surface area contributed by atoms with Gasteiger partial charge in [0, 0.05) is 37.5 Å². The molecule has 6 nitrogen and oxygen atoms in total. The average Bonchev–Trinajstić information content (AvgIpc) is 2.95. The first-order chi connectivity index (χ1) is 11.9. The van der Waals surface area contributed by atoms with Gasteiger partial charge in [0.25, 0.3) is 11.5 Å². The van der Waals surface area contributed by atoms with E-state index in [4.69, 9.17) is 0 Å². The Morgan fingerprint density at radius 3 is 2.56 bits per heavy atom. The Kier molecular flexibility index (Phi) is 4.76. The summed E-state index contributed by atoms with van der Waals surface area (Å²) in [6.45, 7) is 0.315. The van der Waals surface area contributed by atoms with Crippen molar-refractivity contribution in [3.63, 3.8) is 0 Å². The van der Waals surface area contributed by atoms with Crippen LogP contribution in [0.1, 0.15) is 22.3 Å². The summed E-state index contributed by atoms with van der Waals surface area (Å²) in [6, 6.07) is 11.9. The van der Waals surface area contributed by atoms with E-state index in [2.05, 4.69) is 0 Å². The lowest BCUT2D eigenvalue weighted by Gasteiger charge is -2.28. The van der Waals surface area contributed by atoms with Crippen molar-refractivity contribution in [2.45, 2.75) is 19.0 Å². The molecular weight excluding hydrogens is 340 g/mol. The molecule has 1 aromatic carbocycles. The zero-order chi connectivity index (χ0) is 18.0. The number of amides is 1. The smallest absolute Gasteiger partial charge is 0.254 e. The summed E-state index contributed by atoms with van der Waals surface area (Å²) in [6.07, 6.45) is 1.97.